The van der Waals surface area contributed by atoms with E-state index >= 15 is 0 Å². The predicted molar refractivity (Wildman–Crippen MR) is 109 cm³/mol. The lowest BCUT2D eigenvalue weighted by Gasteiger charge is -2.43. The number of rotatable bonds is 4. The summed E-state index contributed by atoms with van der Waals surface area (Å²) in [4.78, 5) is 5.86. The van der Waals surface area contributed by atoms with E-state index in [4.69, 9.17) is 4.78 Å². The lowest BCUT2D eigenvalue weighted by Crippen LogP contribution is -2.55. The van der Waals surface area contributed by atoms with Crippen LogP contribution in [0.15, 0.2) is 53.4 Å². The minimum Gasteiger partial charge on any atom is -0.365 e. The minimum absolute atomic E-state index is 0.244. The Labute approximate surface area is 164 Å². The Kier molecular flexibility index (Phi) is 4.14. The van der Waals surface area contributed by atoms with E-state index in [1.807, 2.05) is 41.3 Å². The minimum atomic E-state index is -2.86. The molecule has 1 unspecified atom stereocenters. The van der Waals surface area contributed by atoms with Crippen molar-refractivity contribution in [2.24, 2.45) is 5.41 Å². The zero-order valence-electron chi connectivity index (χ0n) is 15.4. The maximum absolute atomic E-state index is 12.6. The molecule has 0 bridgehead atoms. The number of fused-ring (bicyclic) bond motifs is 1. The number of aromatic nitrogens is 1. The number of nitrogens with zero attached hydrogens (tertiary/aromatic N) is 3. The molecule has 0 radical (unpaired) electrons. The Morgan fingerprint density at radius 3 is 2.54 bits per heavy atom. The zero-order valence-corrected chi connectivity index (χ0v) is 16.2. The molecule has 0 amide bonds. The molecule has 1 atom stereocenters. The van der Waals surface area contributed by atoms with Crippen molar-refractivity contribution in [3.63, 3.8) is 0 Å². The van der Waals surface area contributed by atoms with Crippen LogP contribution in [0.2, 0.25) is 0 Å². The van der Waals surface area contributed by atoms with Gasteiger partial charge in [-0.05, 0) is 30.3 Å². The SMILES string of the molecule is CCS(=N)(=O)c1ccc(N2CC(C#N)(C#N)C2)c(-c2cc3ccccc3[nH]2)c1. The highest BCUT2D eigenvalue weighted by Crippen LogP contribution is 2.40. The highest BCUT2D eigenvalue weighted by Gasteiger charge is 2.44. The Morgan fingerprint density at radius 2 is 1.89 bits per heavy atom. The summed E-state index contributed by atoms with van der Waals surface area (Å²) >= 11 is 0. The van der Waals surface area contributed by atoms with Crippen molar-refractivity contribution in [1.82, 2.24) is 4.98 Å². The van der Waals surface area contributed by atoms with Crippen LogP contribution in [0.1, 0.15) is 6.92 Å². The van der Waals surface area contributed by atoms with Gasteiger partial charge in [0.05, 0.1) is 35.0 Å². The highest BCUT2D eigenvalue weighted by molar-refractivity contribution is 7.92. The quantitative estimate of drug-likeness (QED) is 0.700. The molecular formula is C21H19N5OS. The van der Waals surface area contributed by atoms with Crippen molar-refractivity contribution in [3.05, 3.63) is 48.5 Å². The molecule has 28 heavy (non-hydrogen) atoms. The topological polar surface area (TPSA) is 108 Å². The molecular weight excluding hydrogens is 370 g/mol. The summed E-state index contributed by atoms with van der Waals surface area (Å²) in [5, 5.41) is 19.7. The van der Waals surface area contributed by atoms with Crippen molar-refractivity contribution < 1.29 is 4.21 Å². The van der Waals surface area contributed by atoms with Crippen LogP contribution in [0.5, 0.6) is 0 Å². The van der Waals surface area contributed by atoms with E-state index in [1.165, 1.54) is 0 Å². The summed E-state index contributed by atoms with van der Waals surface area (Å²) in [6.07, 6.45) is 0. The summed E-state index contributed by atoms with van der Waals surface area (Å²) in [6.45, 7) is 2.41. The van der Waals surface area contributed by atoms with E-state index < -0.39 is 15.1 Å². The van der Waals surface area contributed by atoms with Crippen molar-refractivity contribution in [3.8, 4) is 23.4 Å². The summed E-state index contributed by atoms with van der Waals surface area (Å²) in [5.74, 6) is 0.244. The van der Waals surface area contributed by atoms with Gasteiger partial charge in [0.15, 0.2) is 5.41 Å². The van der Waals surface area contributed by atoms with Crippen LogP contribution in [0.3, 0.4) is 0 Å². The lowest BCUT2D eigenvalue weighted by molar-refractivity contribution is 0.398. The fraction of sp³-hybridized carbons (Fsp3) is 0.238. The normalized spacial score (nSPS) is 17.3. The molecule has 2 heterocycles. The Hall–Kier alpha value is -3.29. The molecule has 140 valence electrons. The van der Waals surface area contributed by atoms with E-state index in [0.29, 0.717) is 18.0 Å². The Morgan fingerprint density at radius 1 is 1.18 bits per heavy atom. The first-order valence-electron chi connectivity index (χ1n) is 8.97. The number of nitrogens with one attached hydrogen (secondary N) is 2. The van der Waals surface area contributed by atoms with E-state index in [9.17, 15) is 14.7 Å². The van der Waals surface area contributed by atoms with Crippen molar-refractivity contribution in [1.29, 1.82) is 15.3 Å². The number of benzene rings is 2. The summed E-state index contributed by atoms with van der Waals surface area (Å²) in [5.41, 5.74) is 2.55. The molecule has 0 saturated carbocycles. The second kappa shape index (κ2) is 6.40. The van der Waals surface area contributed by atoms with Crippen LogP contribution >= 0.6 is 0 Å². The van der Waals surface area contributed by atoms with Crippen LogP contribution in [0.4, 0.5) is 5.69 Å². The average Bonchev–Trinajstić information content (AvgIpc) is 3.12. The fourth-order valence-electron chi connectivity index (χ4n) is 3.54. The van der Waals surface area contributed by atoms with Crippen LogP contribution < -0.4 is 4.90 Å². The van der Waals surface area contributed by atoms with E-state index in [-0.39, 0.29) is 5.75 Å². The molecule has 1 fully saturated rings. The Bertz CT molecular complexity index is 1200. The molecule has 1 aliphatic rings. The van der Waals surface area contributed by atoms with Gasteiger partial charge in [0.1, 0.15) is 0 Å². The maximum atomic E-state index is 12.6. The summed E-state index contributed by atoms with van der Waals surface area (Å²) in [7, 11) is -2.86. The number of nitriles is 2. The first-order valence-corrected chi connectivity index (χ1v) is 10.7. The molecule has 6 nitrogen and oxygen atoms in total. The largest absolute Gasteiger partial charge is 0.365 e. The first-order chi connectivity index (χ1) is 13.4. The molecule has 0 spiro atoms. The molecule has 4 rings (SSSR count). The van der Waals surface area contributed by atoms with Gasteiger partial charge < -0.3 is 9.88 Å². The zero-order chi connectivity index (χ0) is 19.9. The lowest BCUT2D eigenvalue weighted by atomic mass is 9.82. The van der Waals surface area contributed by atoms with E-state index in [2.05, 4.69) is 17.1 Å². The van der Waals surface area contributed by atoms with Gasteiger partial charge in [-0.1, -0.05) is 25.1 Å². The van der Waals surface area contributed by atoms with Crippen LogP contribution in [-0.4, -0.2) is 28.0 Å². The van der Waals surface area contributed by atoms with Crippen molar-refractivity contribution in [2.75, 3.05) is 23.7 Å². The number of anilines is 1. The summed E-state index contributed by atoms with van der Waals surface area (Å²) in [6, 6.07) is 19.5. The van der Waals surface area contributed by atoms with Gasteiger partial charge in [0.2, 0.25) is 0 Å². The molecule has 1 saturated heterocycles. The van der Waals surface area contributed by atoms with Crippen molar-refractivity contribution >= 4 is 26.3 Å². The van der Waals surface area contributed by atoms with Gasteiger partial charge in [-0.25, -0.2) is 8.99 Å². The Balaban J connectivity index is 1.85. The second-order valence-electron chi connectivity index (χ2n) is 7.07. The van der Waals surface area contributed by atoms with Gasteiger partial charge in [-0.15, -0.1) is 0 Å². The molecule has 0 aliphatic carbocycles. The molecule has 1 aromatic heterocycles. The number of hydrogen-bond acceptors (Lipinski definition) is 5. The third-order valence-corrected chi connectivity index (χ3v) is 7.09. The van der Waals surface area contributed by atoms with Gasteiger partial charge in [-0.3, -0.25) is 0 Å². The average molecular weight is 389 g/mol. The van der Waals surface area contributed by atoms with Gasteiger partial charge >= 0.3 is 0 Å². The fourth-order valence-corrected chi connectivity index (χ4v) is 4.47. The van der Waals surface area contributed by atoms with Gasteiger partial charge in [0.25, 0.3) is 0 Å². The van der Waals surface area contributed by atoms with Crippen molar-refractivity contribution in [2.45, 2.75) is 11.8 Å². The number of hydrogen-bond donors (Lipinski definition) is 2. The monoisotopic (exact) mass is 389 g/mol. The van der Waals surface area contributed by atoms with Crippen LogP contribution in [0.25, 0.3) is 22.2 Å². The van der Waals surface area contributed by atoms with E-state index in [0.717, 1.165) is 27.8 Å². The molecule has 2 N–H and O–H groups in total. The molecule has 2 aromatic carbocycles. The standard InChI is InChI=1S/C21H19N5OS/c1-2-28(24,27)16-7-8-20(26-13-21(11-22,12-23)14-26)17(10-16)19-9-15-5-3-4-6-18(15)25-19/h3-10,24-25H,2,13-14H2,1H3. The van der Waals surface area contributed by atoms with Gasteiger partial charge in [0, 0.05) is 38.5 Å². The first kappa shape index (κ1) is 18.1. The molecule has 3 aromatic rings. The number of aromatic amines is 1. The second-order valence-corrected chi connectivity index (χ2v) is 9.47. The number of para-hydroxylation sites is 1. The van der Waals surface area contributed by atoms with Crippen LogP contribution in [-0.2, 0) is 9.73 Å². The van der Waals surface area contributed by atoms with Gasteiger partial charge in [-0.2, -0.15) is 10.5 Å². The maximum Gasteiger partial charge on any atom is 0.178 e. The number of H-pyrrole nitrogens is 1. The highest BCUT2D eigenvalue weighted by atomic mass is 32.2. The molecule has 1 aliphatic heterocycles. The smallest absolute Gasteiger partial charge is 0.178 e. The summed E-state index contributed by atoms with van der Waals surface area (Å²) < 4.78 is 20.8. The predicted octanol–water partition coefficient (Wildman–Crippen LogP) is 4.11. The third kappa shape index (κ3) is 2.81. The van der Waals surface area contributed by atoms with Crippen LogP contribution in [0, 0.1) is 32.9 Å². The molecule has 7 heteroatoms. The third-order valence-electron chi connectivity index (χ3n) is 5.27. The van der Waals surface area contributed by atoms with E-state index in [1.54, 1.807) is 19.1 Å².